The van der Waals surface area contributed by atoms with Crippen LogP contribution in [0.2, 0.25) is 0 Å². The molecule has 0 saturated heterocycles. The highest BCUT2D eigenvalue weighted by molar-refractivity contribution is 8.00. The number of para-hydroxylation sites is 3. The molecule has 0 spiro atoms. The Hall–Kier alpha value is -3.84. The Balaban J connectivity index is 1.93. The van der Waals surface area contributed by atoms with Crippen LogP contribution in [-0.2, 0) is 10.0 Å². The van der Waals surface area contributed by atoms with E-state index in [0.29, 0.717) is 5.52 Å². The molecule has 11 nitrogen and oxygen atoms in total. The fourth-order valence-corrected chi connectivity index (χ4v) is 5.58. The number of rotatable bonds is 6. The molecular weight excluding hydrogens is 446 g/mol. The van der Waals surface area contributed by atoms with Crippen molar-refractivity contribution in [3.05, 3.63) is 87.0 Å². The SMILES string of the molecule is O=[N+]([O-])c1cccc(Sc2nc3ccccc3n2S(=O)(=O)c2ccccc2[N+](=O)[O-])n1. The minimum Gasteiger partial charge on any atom is -0.358 e. The molecule has 156 valence electrons. The maximum absolute atomic E-state index is 13.5. The van der Waals surface area contributed by atoms with Gasteiger partial charge in [0.25, 0.3) is 15.7 Å². The number of nitro benzene ring substituents is 1. The molecular formula is C18H11N5O6S2. The molecule has 2 aromatic carbocycles. The summed E-state index contributed by atoms with van der Waals surface area (Å²) in [5, 5.41) is 22.5. The lowest BCUT2D eigenvalue weighted by Gasteiger charge is -2.10. The molecule has 0 aliphatic carbocycles. The first-order valence-electron chi connectivity index (χ1n) is 8.55. The Kier molecular flexibility index (Phi) is 5.12. The van der Waals surface area contributed by atoms with E-state index in [9.17, 15) is 28.6 Å². The van der Waals surface area contributed by atoms with Gasteiger partial charge in [0.1, 0.15) is 0 Å². The van der Waals surface area contributed by atoms with Crippen LogP contribution in [-0.4, -0.2) is 32.2 Å². The van der Waals surface area contributed by atoms with Crippen molar-refractivity contribution >= 4 is 44.3 Å². The van der Waals surface area contributed by atoms with Crippen molar-refractivity contribution < 1.29 is 18.3 Å². The Morgan fingerprint density at radius 3 is 2.29 bits per heavy atom. The second-order valence-electron chi connectivity index (χ2n) is 6.07. The maximum Gasteiger partial charge on any atom is 0.364 e. The highest BCUT2D eigenvalue weighted by atomic mass is 32.2. The molecule has 0 amide bonds. The topological polar surface area (TPSA) is 151 Å². The summed E-state index contributed by atoms with van der Waals surface area (Å²) in [5.74, 6) is -0.408. The van der Waals surface area contributed by atoms with Crippen molar-refractivity contribution in [1.82, 2.24) is 13.9 Å². The molecule has 0 N–H and O–H groups in total. The first-order valence-corrected chi connectivity index (χ1v) is 10.8. The largest absolute Gasteiger partial charge is 0.364 e. The van der Waals surface area contributed by atoms with E-state index in [1.165, 1.54) is 36.4 Å². The van der Waals surface area contributed by atoms with Gasteiger partial charge in [-0.25, -0.2) is 17.4 Å². The summed E-state index contributed by atoms with van der Waals surface area (Å²) in [4.78, 5) is 28.7. The Labute approximate surface area is 178 Å². The van der Waals surface area contributed by atoms with E-state index < -0.39 is 36.3 Å². The lowest BCUT2D eigenvalue weighted by Crippen LogP contribution is -2.15. The lowest BCUT2D eigenvalue weighted by atomic mass is 10.3. The number of hydrogen-bond donors (Lipinski definition) is 0. The van der Waals surface area contributed by atoms with Gasteiger partial charge in [0.2, 0.25) is 5.03 Å². The van der Waals surface area contributed by atoms with Gasteiger partial charge >= 0.3 is 5.82 Å². The van der Waals surface area contributed by atoms with E-state index >= 15 is 0 Å². The number of imidazole rings is 1. The highest BCUT2D eigenvalue weighted by Crippen LogP contribution is 2.35. The number of hydrogen-bond acceptors (Lipinski definition) is 9. The zero-order valence-electron chi connectivity index (χ0n) is 15.4. The van der Waals surface area contributed by atoms with Crippen LogP contribution in [0.15, 0.2) is 81.8 Å². The normalized spacial score (nSPS) is 11.5. The third-order valence-corrected chi connectivity index (χ3v) is 6.92. The number of pyridine rings is 1. The predicted molar refractivity (Wildman–Crippen MR) is 110 cm³/mol. The van der Waals surface area contributed by atoms with Gasteiger partial charge in [0.05, 0.1) is 16.0 Å². The highest BCUT2D eigenvalue weighted by Gasteiger charge is 2.31. The van der Waals surface area contributed by atoms with Crippen molar-refractivity contribution in [2.75, 3.05) is 0 Å². The van der Waals surface area contributed by atoms with Crippen molar-refractivity contribution in [2.45, 2.75) is 15.1 Å². The molecule has 2 aromatic heterocycles. The summed E-state index contributed by atoms with van der Waals surface area (Å²) in [6.45, 7) is 0. The van der Waals surface area contributed by atoms with Gasteiger partial charge < -0.3 is 10.1 Å². The van der Waals surface area contributed by atoms with Crippen LogP contribution in [0.1, 0.15) is 0 Å². The molecule has 31 heavy (non-hydrogen) atoms. The standard InChI is InChI=1S/C18H11N5O6S2/c24-22(25)14-8-3-4-9-15(14)31(28,29)21-13-7-2-1-6-12(13)19-18(21)30-17-11-5-10-16(20-17)23(26)27/h1-11H. The number of nitrogens with zero attached hydrogens (tertiary/aromatic N) is 5. The number of aromatic nitrogens is 3. The van der Waals surface area contributed by atoms with E-state index in [-0.39, 0.29) is 15.7 Å². The minimum atomic E-state index is -4.45. The summed E-state index contributed by atoms with van der Waals surface area (Å²) in [7, 11) is -4.45. The quantitative estimate of drug-likeness (QED) is 0.312. The van der Waals surface area contributed by atoms with Gasteiger partial charge in [0.15, 0.2) is 10.1 Å². The van der Waals surface area contributed by atoms with E-state index in [1.54, 1.807) is 18.2 Å². The van der Waals surface area contributed by atoms with Crippen LogP contribution in [0.4, 0.5) is 11.5 Å². The fraction of sp³-hybridized carbons (Fsp3) is 0. The molecule has 0 aliphatic heterocycles. The van der Waals surface area contributed by atoms with Gasteiger partial charge in [-0.2, -0.15) is 0 Å². The van der Waals surface area contributed by atoms with E-state index in [1.807, 2.05) is 0 Å². The second-order valence-corrected chi connectivity index (χ2v) is 8.81. The summed E-state index contributed by atoms with van der Waals surface area (Å²) < 4.78 is 27.9. The number of benzene rings is 2. The first-order chi connectivity index (χ1) is 14.8. The third kappa shape index (κ3) is 3.71. The van der Waals surface area contributed by atoms with Crippen molar-refractivity contribution in [3.8, 4) is 0 Å². The Morgan fingerprint density at radius 2 is 1.55 bits per heavy atom. The van der Waals surface area contributed by atoms with E-state index in [4.69, 9.17) is 0 Å². The van der Waals surface area contributed by atoms with Gasteiger partial charge in [0, 0.05) is 12.1 Å². The molecule has 0 bridgehead atoms. The van der Waals surface area contributed by atoms with Gasteiger partial charge in [-0.3, -0.25) is 10.1 Å². The predicted octanol–water partition coefficient (Wildman–Crippen LogP) is 3.64. The first kappa shape index (κ1) is 20.4. The van der Waals surface area contributed by atoms with Gasteiger partial charge in [-0.1, -0.05) is 24.3 Å². The van der Waals surface area contributed by atoms with Gasteiger partial charge in [-0.15, -0.1) is 0 Å². The molecule has 0 fully saturated rings. The molecule has 2 heterocycles. The maximum atomic E-state index is 13.5. The van der Waals surface area contributed by atoms with Gasteiger partial charge in [-0.05, 0) is 52.0 Å². The average molecular weight is 457 g/mol. The van der Waals surface area contributed by atoms with Crippen molar-refractivity contribution in [2.24, 2.45) is 0 Å². The van der Waals surface area contributed by atoms with Crippen LogP contribution < -0.4 is 0 Å². The number of fused-ring (bicyclic) bond motifs is 1. The summed E-state index contributed by atoms with van der Waals surface area (Å²) >= 11 is 0.795. The lowest BCUT2D eigenvalue weighted by molar-refractivity contribution is -0.390. The molecule has 0 aliphatic rings. The third-order valence-electron chi connectivity index (χ3n) is 4.16. The fourth-order valence-electron chi connectivity index (χ4n) is 2.86. The van der Waals surface area contributed by atoms with E-state index in [0.717, 1.165) is 27.9 Å². The minimum absolute atomic E-state index is 0.0626. The summed E-state index contributed by atoms with van der Waals surface area (Å²) in [6, 6.07) is 15.5. The average Bonchev–Trinajstić information content (AvgIpc) is 3.12. The van der Waals surface area contributed by atoms with Crippen LogP contribution in [0.25, 0.3) is 11.0 Å². The molecule has 4 aromatic rings. The number of nitro groups is 2. The van der Waals surface area contributed by atoms with Crippen LogP contribution in [0, 0.1) is 20.2 Å². The smallest absolute Gasteiger partial charge is 0.358 e. The van der Waals surface area contributed by atoms with Crippen LogP contribution in [0.5, 0.6) is 0 Å². The van der Waals surface area contributed by atoms with Crippen LogP contribution >= 0.6 is 11.8 Å². The second kappa shape index (κ2) is 7.77. The zero-order valence-corrected chi connectivity index (χ0v) is 17.0. The Morgan fingerprint density at radius 1 is 0.839 bits per heavy atom. The molecule has 0 unspecified atom stereocenters. The summed E-state index contributed by atoms with van der Waals surface area (Å²) in [6.07, 6.45) is 0. The summed E-state index contributed by atoms with van der Waals surface area (Å²) in [5.41, 5.74) is -0.0455. The van der Waals surface area contributed by atoms with E-state index in [2.05, 4.69) is 9.97 Å². The molecule has 4 rings (SSSR count). The van der Waals surface area contributed by atoms with Crippen LogP contribution in [0.3, 0.4) is 0 Å². The molecule has 0 radical (unpaired) electrons. The molecule has 13 heteroatoms. The monoisotopic (exact) mass is 457 g/mol. The van der Waals surface area contributed by atoms with Crippen molar-refractivity contribution in [3.63, 3.8) is 0 Å². The molecule has 0 atom stereocenters. The molecule has 0 saturated carbocycles. The Bertz CT molecular complexity index is 1450. The van der Waals surface area contributed by atoms with Crippen molar-refractivity contribution in [1.29, 1.82) is 0 Å². The zero-order chi connectivity index (χ0) is 22.2.